The van der Waals surface area contributed by atoms with Gasteiger partial charge in [-0.3, -0.25) is 0 Å². The summed E-state index contributed by atoms with van der Waals surface area (Å²) in [6, 6.07) is 2.72. The van der Waals surface area contributed by atoms with E-state index >= 15 is 0 Å². The van der Waals surface area contributed by atoms with Crippen LogP contribution in [0.25, 0.3) is 0 Å². The molecule has 152 valence electrons. The van der Waals surface area contributed by atoms with Crippen molar-refractivity contribution in [1.29, 1.82) is 0 Å². The molecule has 27 heavy (non-hydrogen) atoms. The second kappa shape index (κ2) is 7.96. The van der Waals surface area contributed by atoms with Crippen molar-refractivity contribution < 1.29 is 26.7 Å². The predicted octanol–water partition coefficient (Wildman–Crippen LogP) is 6.66. The van der Waals surface area contributed by atoms with Crippen LogP contribution in [0.1, 0.15) is 63.9 Å². The Labute approximate surface area is 157 Å². The third kappa shape index (κ3) is 3.95. The van der Waals surface area contributed by atoms with Gasteiger partial charge in [-0.1, -0.05) is 25.8 Å². The van der Waals surface area contributed by atoms with E-state index in [1.54, 1.807) is 6.92 Å². The Bertz CT molecular complexity index is 662. The lowest BCUT2D eigenvalue weighted by molar-refractivity contribution is -0.0845. The molecule has 2 fully saturated rings. The normalized spacial score (nSPS) is 32.8. The highest BCUT2D eigenvalue weighted by Gasteiger charge is 2.55. The minimum absolute atomic E-state index is 0.0126. The maximum atomic E-state index is 14.8. The summed E-state index contributed by atoms with van der Waals surface area (Å²) in [5, 5.41) is 0. The molecule has 3 rings (SSSR count). The van der Waals surface area contributed by atoms with E-state index < -0.39 is 41.5 Å². The van der Waals surface area contributed by atoms with Crippen LogP contribution < -0.4 is 4.74 Å². The van der Waals surface area contributed by atoms with Crippen LogP contribution in [0.2, 0.25) is 0 Å². The molecular weight excluding hydrogens is 363 g/mol. The Morgan fingerprint density at radius 1 is 1.07 bits per heavy atom. The molecule has 2 aliphatic rings. The van der Waals surface area contributed by atoms with Gasteiger partial charge in [-0.15, -0.1) is 0 Å². The van der Waals surface area contributed by atoms with E-state index in [9.17, 15) is 22.0 Å². The fraction of sp³-hybridized carbons (Fsp3) is 0.714. The smallest absolute Gasteiger partial charge is 0.251 e. The van der Waals surface area contributed by atoms with Crippen LogP contribution in [-0.2, 0) is 0 Å². The average molecular weight is 390 g/mol. The lowest BCUT2D eigenvalue weighted by Gasteiger charge is -2.27. The standard InChI is InChI=1S/C21H27F5O/c1-3-5-12-8-17(22)15-9-13(10-16(15)21(25,26)11-12)14-6-7-18(27-4-2)20(24)19(14)23/h6-7,12-13,15-17H,3-5,8-11H2,1-2H3. The van der Waals surface area contributed by atoms with E-state index in [1.807, 2.05) is 6.92 Å². The molecule has 0 aliphatic heterocycles. The van der Waals surface area contributed by atoms with Gasteiger partial charge in [0.05, 0.1) is 6.61 Å². The average Bonchev–Trinajstić information content (AvgIpc) is 3.02. The van der Waals surface area contributed by atoms with Gasteiger partial charge in [-0.2, -0.15) is 4.39 Å². The van der Waals surface area contributed by atoms with Gasteiger partial charge in [0, 0.05) is 12.3 Å². The molecule has 1 aromatic carbocycles. The van der Waals surface area contributed by atoms with Crippen LogP contribution in [-0.4, -0.2) is 18.7 Å². The van der Waals surface area contributed by atoms with Crippen molar-refractivity contribution in [3.63, 3.8) is 0 Å². The number of alkyl halides is 3. The van der Waals surface area contributed by atoms with Gasteiger partial charge in [0.15, 0.2) is 11.6 Å². The molecule has 1 nitrogen and oxygen atoms in total. The number of benzene rings is 1. The van der Waals surface area contributed by atoms with E-state index in [4.69, 9.17) is 4.74 Å². The summed E-state index contributed by atoms with van der Waals surface area (Å²) in [7, 11) is 0. The molecule has 0 saturated heterocycles. The topological polar surface area (TPSA) is 9.23 Å². The van der Waals surface area contributed by atoms with E-state index in [1.165, 1.54) is 12.1 Å². The fourth-order valence-electron chi connectivity index (χ4n) is 5.08. The number of halogens is 5. The number of rotatable bonds is 5. The molecule has 0 heterocycles. The van der Waals surface area contributed by atoms with E-state index in [-0.39, 0.29) is 49.5 Å². The van der Waals surface area contributed by atoms with Crippen LogP contribution in [0.15, 0.2) is 12.1 Å². The number of hydrogen-bond acceptors (Lipinski definition) is 1. The van der Waals surface area contributed by atoms with Crippen LogP contribution in [0.3, 0.4) is 0 Å². The van der Waals surface area contributed by atoms with Crippen molar-refractivity contribution in [3.05, 3.63) is 29.3 Å². The fourth-order valence-corrected chi connectivity index (χ4v) is 5.08. The Kier molecular flexibility index (Phi) is 6.02. The first-order valence-electron chi connectivity index (χ1n) is 9.91. The van der Waals surface area contributed by atoms with E-state index in [0.29, 0.717) is 6.42 Å². The Balaban J connectivity index is 1.85. The quantitative estimate of drug-likeness (QED) is 0.511. The van der Waals surface area contributed by atoms with Crippen molar-refractivity contribution >= 4 is 0 Å². The Morgan fingerprint density at radius 2 is 1.81 bits per heavy atom. The van der Waals surface area contributed by atoms with E-state index in [0.717, 1.165) is 6.42 Å². The largest absolute Gasteiger partial charge is 0.491 e. The molecule has 0 bridgehead atoms. The minimum atomic E-state index is -2.97. The van der Waals surface area contributed by atoms with Crippen LogP contribution in [0, 0.1) is 29.4 Å². The zero-order chi connectivity index (χ0) is 19.8. The molecule has 0 N–H and O–H groups in total. The molecule has 0 radical (unpaired) electrons. The lowest BCUT2D eigenvalue weighted by atomic mass is 9.87. The molecule has 5 unspecified atom stereocenters. The van der Waals surface area contributed by atoms with Crippen molar-refractivity contribution in [3.8, 4) is 5.75 Å². The molecular formula is C21H27F5O. The summed E-state index contributed by atoms with van der Waals surface area (Å²) >= 11 is 0. The third-order valence-electron chi connectivity index (χ3n) is 6.25. The first-order valence-corrected chi connectivity index (χ1v) is 9.91. The predicted molar refractivity (Wildman–Crippen MR) is 94.0 cm³/mol. The van der Waals surface area contributed by atoms with Crippen LogP contribution in [0.5, 0.6) is 5.75 Å². The number of fused-ring (bicyclic) bond motifs is 1. The van der Waals surface area contributed by atoms with E-state index in [2.05, 4.69) is 0 Å². The van der Waals surface area contributed by atoms with Gasteiger partial charge in [-0.05, 0) is 55.6 Å². The zero-order valence-corrected chi connectivity index (χ0v) is 15.8. The van der Waals surface area contributed by atoms with Gasteiger partial charge >= 0.3 is 0 Å². The maximum absolute atomic E-state index is 14.8. The first-order chi connectivity index (χ1) is 12.8. The van der Waals surface area contributed by atoms with Crippen molar-refractivity contribution in [2.24, 2.45) is 17.8 Å². The number of hydrogen-bond donors (Lipinski definition) is 0. The zero-order valence-electron chi connectivity index (χ0n) is 15.8. The van der Waals surface area contributed by atoms with Crippen LogP contribution in [0.4, 0.5) is 22.0 Å². The summed E-state index contributed by atoms with van der Waals surface area (Å²) in [5.41, 5.74) is 0.0529. The molecule has 0 amide bonds. The lowest BCUT2D eigenvalue weighted by Crippen LogP contribution is -2.32. The Morgan fingerprint density at radius 3 is 2.48 bits per heavy atom. The summed E-state index contributed by atoms with van der Waals surface area (Å²) in [5.74, 6) is -8.17. The van der Waals surface area contributed by atoms with Crippen molar-refractivity contribution in [2.75, 3.05) is 6.61 Å². The second-order valence-electron chi connectivity index (χ2n) is 8.02. The molecule has 0 aromatic heterocycles. The summed E-state index contributed by atoms with van der Waals surface area (Å²) in [4.78, 5) is 0. The Hall–Kier alpha value is -1.33. The molecule has 6 heteroatoms. The maximum Gasteiger partial charge on any atom is 0.251 e. The highest BCUT2D eigenvalue weighted by Crippen LogP contribution is 2.56. The monoisotopic (exact) mass is 390 g/mol. The SMILES string of the molecule is CCCC1CC(F)C2CC(c3ccc(OCC)c(F)c3F)CC2C(F)(F)C1. The van der Waals surface area contributed by atoms with Gasteiger partial charge < -0.3 is 4.74 Å². The van der Waals surface area contributed by atoms with Crippen molar-refractivity contribution in [1.82, 2.24) is 0 Å². The highest BCUT2D eigenvalue weighted by molar-refractivity contribution is 5.34. The highest BCUT2D eigenvalue weighted by atomic mass is 19.3. The van der Waals surface area contributed by atoms with Gasteiger partial charge in [-0.25, -0.2) is 17.6 Å². The minimum Gasteiger partial charge on any atom is -0.491 e. The number of ether oxygens (including phenoxy) is 1. The van der Waals surface area contributed by atoms with Gasteiger partial charge in [0.2, 0.25) is 5.82 Å². The molecule has 2 aliphatic carbocycles. The third-order valence-corrected chi connectivity index (χ3v) is 6.25. The summed E-state index contributed by atoms with van der Waals surface area (Å²) in [6.45, 7) is 3.76. The summed E-state index contributed by atoms with van der Waals surface area (Å²) in [6.07, 6.45) is -0.0290. The van der Waals surface area contributed by atoms with Crippen molar-refractivity contribution in [2.45, 2.75) is 70.4 Å². The summed E-state index contributed by atoms with van der Waals surface area (Å²) < 4.78 is 78.2. The van der Waals surface area contributed by atoms with Gasteiger partial charge in [0.25, 0.3) is 5.92 Å². The van der Waals surface area contributed by atoms with Crippen LogP contribution >= 0.6 is 0 Å². The second-order valence-corrected chi connectivity index (χ2v) is 8.02. The molecule has 2 saturated carbocycles. The molecule has 5 atom stereocenters. The van der Waals surface area contributed by atoms with Gasteiger partial charge in [0.1, 0.15) is 6.17 Å². The molecule has 1 aromatic rings. The first kappa shape index (κ1) is 20.4. The molecule has 0 spiro atoms.